The normalized spacial score (nSPS) is 17.4. The van der Waals surface area contributed by atoms with Crippen LogP contribution >= 0.6 is 23.2 Å². The Morgan fingerprint density at radius 3 is 2.62 bits per heavy atom. The van der Waals surface area contributed by atoms with E-state index in [-0.39, 0.29) is 0 Å². The molecule has 0 radical (unpaired) electrons. The first-order valence-electron chi connectivity index (χ1n) is 5.80. The zero-order valence-electron chi connectivity index (χ0n) is 9.22. The molecule has 1 aliphatic rings. The average Bonchev–Trinajstić information content (AvgIpc) is 2.33. The summed E-state index contributed by atoms with van der Waals surface area (Å²) in [7, 11) is 0. The number of ether oxygens (including phenoxy) is 1. The highest BCUT2D eigenvalue weighted by Crippen LogP contribution is 2.28. The predicted molar refractivity (Wildman–Crippen MR) is 68.5 cm³/mol. The van der Waals surface area contributed by atoms with E-state index in [2.05, 4.69) is 0 Å². The molecule has 0 spiro atoms. The largest absolute Gasteiger partial charge is 0.490 e. The molecule has 3 heteroatoms. The molecule has 0 atom stereocenters. The molecule has 0 amide bonds. The van der Waals surface area contributed by atoms with Crippen molar-refractivity contribution in [3.63, 3.8) is 0 Å². The highest BCUT2D eigenvalue weighted by Gasteiger charge is 2.16. The molecular formula is C13H16Cl2O. The molecule has 88 valence electrons. The molecule has 0 unspecified atom stereocenters. The zero-order valence-corrected chi connectivity index (χ0v) is 10.7. The Bertz CT molecular complexity index is 346. The van der Waals surface area contributed by atoms with Crippen LogP contribution in [0.5, 0.6) is 5.75 Å². The maximum Gasteiger partial charge on any atom is 0.124 e. The Kier molecular flexibility index (Phi) is 4.37. The molecule has 1 nitrogen and oxygen atoms in total. The summed E-state index contributed by atoms with van der Waals surface area (Å²) >= 11 is 11.8. The summed E-state index contributed by atoms with van der Waals surface area (Å²) in [5, 5.41) is 0.714. The third-order valence-electron chi connectivity index (χ3n) is 3.01. The van der Waals surface area contributed by atoms with Crippen LogP contribution in [0.25, 0.3) is 0 Å². The molecule has 1 aromatic carbocycles. The molecule has 0 bridgehead atoms. The van der Waals surface area contributed by atoms with Crippen molar-refractivity contribution in [3.05, 3.63) is 28.8 Å². The quantitative estimate of drug-likeness (QED) is 0.709. The highest BCUT2D eigenvalue weighted by atomic mass is 35.5. The number of hydrogen-bond acceptors (Lipinski definition) is 1. The summed E-state index contributed by atoms with van der Waals surface area (Å²) in [6.45, 7) is 0. The van der Waals surface area contributed by atoms with Crippen LogP contribution in [0.15, 0.2) is 18.2 Å². The number of hydrogen-bond donors (Lipinski definition) is 0. The Labute approximate surface area is 107 Å². The first-order valence-corrected chi connectivity index (χ1v) is 6.72. The zero-order chi connectivity index (χ0) is 11.4. The molecule has 0 saturated heterocycles. The lowest BCUT2D eigenvalue weighted by Crippen LogP contribution is -2.20. The number of halogens is 2. The van der Waals surface area contributed by atoms with Crippen LogP contribution in [0, 0.1) is 0 Å². The summed E-state index contributed by atoms with van der Waals surface area (Å²) in [5.41, 5.74) is 0.986. The van der Waals surface area contributed by atoms with Gasteiger partial charge in [-0.15, -0.1) is 11.6 Å². The van der Waals surface area contributed by atoms with E-state index in [4.69, 9.17) is 27.9 Å². The van der Waals surface area contributed by atoms with Crippen molar-refractivity contribution >= 4 is 23.2 Å². The Balaban J connectivity index is 2.07. The van der Waals surface area contributed by atoms with Gasteiger partial charge >= 0.3 is 0 Å². The van der Waals surface area contributed by atoms with E-state index in [0.717, 1.165) is 24.2 Å². The van der Waals surface area contributed by atoms with E-state index >= 15 is 0 Å². The minimum Gasteiger partial charge on any atom is -0.490 e. The maximum atomic E-state index is 5.99. The van der Waals surface area contributed by atoms with Gasteiger partial charge < -0.3 is 4.74 Å². The second kappa shape index (κ2) is 5.79. The third-order valence-corrected chi connectivity index (χ3v) is 3.54. The van der Waals surface area contributed by atoms with Gasteiger partial charge in [0.2, 0.25) is 0 Å². The van der Waals surface area contributed by atoms with Gasteiger partial charge in [0, 0.05) is 10.6 Å². The lowest BCUT2D eigenvalue weighted by molar-refractivity contribution is 0.154. The molecule has 0 aliphatic heterocycles. The molecule has 1 aliphatic carbocycles. The van der Waals surface area contributed by atoms with Gasteiger partial charge in [-0.25, -0.2) is 0 Å². The molecular weight excluding hydrogens is 243 g/mol. The van der Waals surface area contributed by atoms with Crippen LogP contribution in [0.3, 0.4) is 0 Å². The van der Waals surface area contributed by atoms with Gasteiger partial charge in [0.05, 0.1) is 12.0 Å². The van der Waals surface area contributed by atoms with E-state index in [1.165, 1.54) is 19.3 Å². The van der Waals surface area contributed by atoms with E-state index in [9.17, 15) is 0 Å². The molecule has 2 rings (SSSR count). The van der Waals surface area contributed by atoms with Crippen LogP contribution in [0.1, 0.15) is 37.7 Å². The molecule has 1 fully saturated rings. The fourth-order valence-corrected chi connectivity index (χ4v) is 2.53. The smallest absolute Gasteiger partial charge is 0.124 e. The van der Waals surface area contributed by atoms with Gasteiger partial charge in [0.15, 0.2) is 0 Å². The van der Waals surface area contributed by atoms with Crippen molar-refractivity contribution in [1.29, 1.82) is 0 Å². The Morgan fingerprint density at radius 2 is 1.94 bits per heavy atom. The lowest BCUT2D eigenvalue weighted by atomic mass is 9.98. The SMILES string of the molecule is ClCc1cc(Cl)ccc1OC1CCCCC1. The predicted octanol–water partition coefficient (Wildman–Crippen LogP) is 4.79. The van der Waals surface area contributed by atoms with Crippen molar-refractivity contribution < 1.29 is 4.74 Å². The summed E-state index contributed by atoms with van der Waals surface area (Å²) in [5.74, 6) is 1.34. The van der Waals surface area contributed by atoms with Crippen molar-refractivity contribution in [1.82, 2.24) is 0 Å². The van der Waals surface area contributed by atoms with E-state index < -0.39 is 0 Å². The number of rotatable bonds is 3. The minimum absolute atomic E-state index is 0.358. The first kappa shape index (κ1) is 12.1. The molecule has 0 N–H and O–H groups in total. The lowest BCUT2D eigenvalue weighted by Gasteiger charge is -2.24. The van der Waals surface area contributed by atoms with Crippen LogP contribution in [0.2, 0.25) is 5.02 Å². The van der Waals surface area contributed by atoms with E-state index in [0.29, 0.717) is 17.0 Å². The summed E-state index contributed by atoms with van der Waals surface area (Å²) in [6.07, 6.45) is 6.55. The maximum absolute atomic E-state index is 5.99. The van der Waals surface area contributed by atoms with Crippen molar-refractivity contribution in [3.8, 4) is 5.75 Å². The second-order valence-electron chi connectivity index (χ2n) is 4.26. The highest BCUT2D eigenvalue weighted by molar-refractivity contribution is 6.30. The topological polar surface area (TPSA) is 9.23 Å². The van der Waals surface area contributed by atoms with Crippen molar-refractivity contribution in [2.24, 2.45) is 0 Å². The minimum atomic E-state index is 0.358. The summed E-state index contributed by atoms with van der Waals surface area (Å²) in [6, 6.07) is 5.66. The van der Waals surface area contributed by atoms with Crippen LogP contribution in [-0.2, 0) is 5.88 Å². The van der Waals surface area contributed by atoms with Crippen LogP contribution < -0.4 is 4.74 Å². The number of benzene rings is 1. The van der Waals surface area contributed by atoms with E-state index in [1.807, 2.05) is 18.2 Å². The van der Waals surface area contributed by atoms with Crippen molar-refractivity contribution in [2.45, 2.75) is 44.1 Å². The monoisotopic (exact) mass is 258 g/mol. The molecule has 0 aromatic heterocycles. The third kappa shape index (κ3) is 3.05. The Morgan fingerprint density at radius 1 is 1.19 bits per heavy atom. The summed E-state index contributed by atoms with van der Waals surface area (Å²) < 4.78 is 5.99. The molecule has 0 heterocycles. The van der Waals surface area contributed by atoms with Gasteiger partial charge in [-0.05, 0) is 43.9 Å². The molecule has 1 saturated carbocycles. The van der Waals surface area contributed by atoms with E-state index in [1.54, 1.807) is 0 Å². The van der Waals surface area contributed by atoms with Gasteiger partial charge in [-0.1, -0.05) is 18.0 Å². The van der Waals surface area contributed by atoms with Crippen LogP contribution in [-0.4, -0.2) is 6.10 Å². The fourth-order valence-electron chi connectivity index (χ4n) is 2.13. The Hall–Kier alpha value is -0.400. The standard InChI is InChI=1S/C13H16Cl2O/c14-9-10-8-11(15)6-7-13(10)16-12-4-2-1-3-5-12/h6-8,12H,1-5,9H2. The number of alkyl halides is 1. The van der Waals surface area contributed by atoms with Gasteiger partial charge in [-0.3, -0.25) is 0 Å². The van der Waals surface area contributed by atoms with Crippen LogP contribution in [0.4, 0.5) is 0 Å². The second-order valence-corrected chi connectivity index (χ2v) is 4.97. The van der Waals surface area contributed by atoms with Gasteiger partial charge in [0.1, 0.15) is 5.75 Å². The first-order chi connectivity index (χ1) is 7.79. The van der Waals surface area contributed by atoms with Gasteiger partial charge in [-0.2, -0.15) is 0 Å². The average molecular weight is 259 g/mol. The molecule has 16 heavy (non-hydrogen) atoms. The molecule has 1 aromatic rings. The van der Waals surface area contributed by atoms with Crippen molar-refractivity contribution in [2.75, 3.05) is 0 Å². The summed E-state index contributed by atoms with van der Waals surface area (Å²) in [4.78, 5) is 0. The van der Waals surface area contributed by atoms with Gasteiger partial charge in [0.25, 0.3) is 0 Å². The fraction of sp³-hybridized carbons (Fsp3) is 0.538.